The summed E-state index contributed by atoms with van der Waals surface area (Å²) >= 11 is 0. The van der Waals surface area contributed by atoms with E-state index in [9.17, 15) is 9.59 Å². The lowest BCUT2D eigenvalue weighted by molar-refractivity contribution is -0.136. The van der Waals surface area contributed by atoms with Crippen LogP contribution < -0.4 is 5.32 Å². The Hall–Kier alpha value is -1.06. The average molecular weight is 280 g/mol. The molecule has 4 heteroatoms. The molecule has 20 heavy (non-hydrogen) atoms. The molecule has 0 aromatic heterocycles. The van der Waals surface area contributed by atoms with Crippen molar-refractivity contribution < 1.29 is 9.59 Å². The van der Waals surface area contributed by atoms with Crippen LogP contribution in [0.5, 0.6) is 0 Å². The second-order valence-corrected chi connectivity index (χ2v) is 7.57. The minimum absolute atomic E-state index is 0.173. The third kappa shape index (κ3) is 3.53. The zero-order valence-corrected chi connectivity index (χ0v) is 13.2. The molecule has 2 amide bonds. The Morgan fingerprint density at radius 2 is 2.10 bits per heavy atom. The Labute approximate surface area is 122 Å². The van der Waals surface area contributed by atoms with Gasteiger partial charge in [-0.05, 0) is 30.1 Å². The van der Waals surface area contributed by atoms with Crippen LogP contribution in [0.4, 0.5) is 0 Å². The van der Waals surface area contributed by atoms with Gasteiger partial charge in [-0.3, -0.25) is 9.59 Å². The lowest BCUT2D eigenvalue weighted by atomic mass is 9.79. The number of fused-ring (bicyclic) bond motifs is 1. The molecule has 0 radical (unpaired) electrons. The zero-order valence-electron chi connectivity index (χ0n) is 13.2. The number of hydrogen-bond acceptors (Lipinski definition) is 2. The molecule has 114 valence electrons. The largest absolute Gasteiger partial charge is 0.353 e. The van der Waals surface area contributed by atoms with Crippen LogP contribution in [0.15, 0.2) is 0 Å². The van der Waals surface area contributed by atoms with Gasteiger partial charge in [-0.15, -0.1) is 0 Å². The summed E-state index contributed by atoms with van der Waals surface area (Å²) in [5, 5.41) is 3.07. The van der Waals surface area contributed by atoms with Crippen molar-refractivity contribution in [3.05, 3.63) is 0 Å². The number of rotatable bonds is 2. The highest BCUT2D eigenvalue weighted by Gasteiger charge is 2.36. The smallest absolute Gasteiger partial charge is 0.222 e. The van der Waals surface area contributed by atoms with Crippen LogP contribution in [0, 0.1) is 17.3 Å². The number of carbonyl (C=O) groups is 2. The fourth-order valence-electron chi connectivity index (χ4n) is 3.03. The number of nitrogens with zero attached hydrogens (tertiary/aromatic N) is 1. The Kier molecular flexibility index (Phi) is 4.40. The highest BCUT2D eigenvalue weighted by atomic mass is 16.2. The molecule has 0 aromatic rings. The van der Waals surface area contributed by atoms with Crippen LogP contribution in [-0.2, 0) is 9.59 Å². The number of carbonyl (C=O) groups excluding carboxylic acids is 2. The van der Waals surface area contributed by atoms with Gasteiger partial charge in [-0.2, -0.15) is 0 Å². The fourth-order valence-corrected chi connectivity index (χ4v) is 3.03. The standard InChI is InChI=1S/C16H28N2O2/c1-11(16(2,3)4)9-15(20)18-8-7-13-12(10-18)5-6-14(19)17-13/h11-13H,5-10H2,1-4H3,(H,17,19). The third-order valence-electron chi connectivity index (χ3n) is 5.13. The van der Waals surface area contributed by atoms with Gasteiger partial charge in [0.15, 0.2) is 0 Å². The monoisotopic (exact) mass is 280 g/mol. The van der Waals surface area contributed by atoms with Crippen LogP contribution in [0.1, 0.15) is 53.4 Å². The van der Waals surface area contributed by atoms with E-state index in [1.165, 1.54) is 0 Å². The van der Waals surface area contributed by atoms with Crippen LogP contribution in [0.2, 0.25) is 0 Å². The van der Waals surface area contributed by atoms with E-state index in [0.717, 1.165) is 25.9 Å². The Balaban J connectivity index is 1.88. The van der Waals surface area contributed by atoms with Gasteiger partial charge in [0.2, 0.25) is 11.8 Å². The molecule has 0 bridgehead atoms. The topological polar surface area (TPSA) is 49.4 Å². The Bertz CT molecular complexity index is 386. The molecule has 1 N–H and O–H groups in total. The number of hydrogen-bond donors (Lipinski definition) is 1. The first-order chi connectivity index (χ1) is 9.27. The van der Waals surface area contributed by atoms with Crippen molar-refractivity contribution in [3.8, 4) is 0 Å². The van der Waals surface area contributed by atoms with Gasteiger partial charge in [0.05, 0.1) is 0 Å². The molecule has 2 saturated heterocycles. The van der Waals surface area contributed by atoms with Gasteiger partial charge in [-0.25, -0.2) is 0 Å². The predicted octanol–water partition coefficient (Wildman–Crippen LogP) is 2.19. The fraction of sp³-hybridized carbons (Fsp3) is 0.875. The van der Waals surface area contributed by atoms with Crippen molar-refractivity contribution in [1.29, 1.82) is 0 Å². The minimum atomic E-state index is 0.173. The quantitative estimate of drug-likeness (QED) is 0.843. The molecule has 3 unspecified atom stereocenters. The summed E-state index contributed by atoms with van der Waals surface area (Å²) < 4.78 is 0. The minimum Gasteiger partial charge on any atom is -0.353 e. The molecule has 2 aliphatic rings. The first-order valence-electron chi connectivity index (χ1n) is 7.84. The molecule has 0 aromatic carbocycles. The van der Waals surface area contributed by atoms with Gasteiger partial charge in [0.25, 0.3) is 0 Å². The highest BCUT2D eigenvalue weighted by Crippen LogP contribution is 2.30. The van der Waals surface area contributed by atoms with E-state index in [1.54, 1.807) is 0 Å². The summed E-state index contributed by atoms with van der Waals surface area (Å²) in [5.74, 6) is 1.30. The molecule has 2 rings (SSSR count). The average Bonchev–Trinajstić information content (AvgIpc) is 2.36. The van der Waals surface area contributed by atoms with E-state index >= 15 is 0 Å². The zero-order chi connectivity index (χ0) is 14.9. The van der Waals surface area contributed by atoms with Crippen molar-refractivity contribution in [2.75, 3.05) is 13.1 Å². The van der Waals surface area contributed by atoms with E-state index in [-0.39, 0.29) is 17.2 Å². The molecule has 0 spiro atoms. The van der Waals surface area contributed by atoms with E-state index in [0.29, 0.717) is 30.7 Å². The highest BCUT2D eigenvalue weighted by molar-refractivity contribution is 5.78. The summed E-state index contributed by atoms with van der Waals surface area (Å²) in [6.45, 7) is 10.3. The van der Waals surface area contributed by atoms with Crippen molar-refractivity contribution in [2.24, 2.45) is 17.3 Å². The SMILES string of the molecule is CC(CC(=O)N1CCC2NC(=O)CCC2C1)C(C)(C)C. The van der Waals surface area contributed by atoms with Crippen molar-refractivity contribution >= 4 is 11.8 Å². The summed E-state index contributed by atoms with van der Waals surface area (Å²) in [5.41, 5.74) is 0.173. The van der Waals surface area contributed by atoms with E-state index in [1.807, 2.05) is 4.90 Å². The van der Waals surface area contributed by atoms with Crippen LogP contribution in [0.3, 0.4) is 0 Å². The summed E-state index contributed by atoms with van der Waals surface area (Å²) in [6, 6.07) is 0.292. The number of piperidine rings is 2. The van der Waals surface area contributed by atoms with Gasteiger partial charge in [0, 0.05) is 32.0 Å². The second-order valence-electron chi connectivity index (χ2n) is 7.57. The Morgan fingerprint density at radius 3 is 2.75 bits per heavy atom. The van der Waals surface area contributed by atoms with Crippen molar-refractivity contribution in [3.63, 3.8) is 0 Å². The summed E-state index contributed by atoms with van der Waals surface area (Å²) in [7, 11) is 0. The maximum Gasteiger partial charge on any atom is 0.222 e. The van der Waals surface area contributed by atoms with Crippen molar-refractivity contribution in [1.82, 2.24) is 10.2 Å². The summed E-state index contributed by atoms with van der Waals surface area (Å²) in [6.07, 6.45) is 3.08. The molecule has 3 atom stereocenters. The third-order valence-corrected chi connectivity index (χ3v) is 5.13. The summed E-state index contributed by atoms with van der Waals surface area (Å²) in [4.78, 5) is 25.8. The van der Waals surface area contributed by atoms with Crippen LogP contribution >= 0.6 is 0 Å². The van der Waals surface area contributed by atoms with Gasteiger partial charge in [-0.1, -0.05) is 27.7 Å². The lowest BCUT2D eigenvalue weighted by Crippen LogP contribution is -2.55. The number of nitrogens with one attached hydrogen (secondary N) is 1. The van der Waals surface area contributed by atoms with Gasteiger partial charge in [0.1, 0.15) is 0 Å². The number of likely N-dealkylation sites (tertiary alicyclic amines) is 1. The normalized spacial score (nSPS) is 28.6. The number of amides is 2. The van der Waals surface area contributed by atoms with Gasteiger partial charge < -0.3 is 10.2 Å². The molecule has 2 fully saturated rings. The lowest BCUT2D eigenvalue weighted by Gasteiger charge is -2.42. The van der Waals surface area contributed by atoms with Gasteiger partial charge >= 0.3 is 0 Å². The van der Waals surface area contributed by atoms with Crippen LogP contribution in [0.25, 0.3) is 0 Å². The van der Waals surface area contributed by atoms with E-state index < -0.39 is 0 Å². The molecule has 2 heterocycles. The van der Waals surface area contributed by atoms with Crippen LogP contribution in [-0.4, -0.2) is 35.8 Å². The molecule has 2 aliphatic heterocycles. The predicted molar refractivity (Wildman–Crippen MR) is 79.1 cm³/mol. The molecule has 0 saturated carbocycles. The first kappa shape index (κ1) is 15.3. The second kappa shape index (κ2) is 5.74. The molecule has 4 nitrogen and oxygen atoms in total. The maximum atomic E-state index is 12.4. The molecule has 0 aliphatic carbocycles. The molecular weight excluding hydrogens is 252 g/mol. The van der Waals surface area contributed by atoms with Crippen molar-refractivity contribution in [2.45, 2.75) is 59.4 Å². The maximum absolute atomic E-state index is 12.4. The van der Waals surface area contributed by atoms with E-state index in [2.05, 4.69) is 33.0 Å². The molecular formula is C16H28N2O2. The van der Waals surface area contributed by atoms with E-state index in [4.69, 9.17) is 0 Å². The first-order valence-corrected chi connectivity index (χ1v) is 7.84. The Morgan fingerprint density at radius 1 is 1.40 bits per heavy atom.